The molecule has 1 aliphatic heterocycles. The van der Waals surface area contributed by atoms with E-state index in [9.17, 15) is 9.59 Å². The van der Waals surface area contributed by atoms with E-state index < -0.39 is 0 Å². The number of amides is 2. The summed E-state index contributed by atoms with van der Waals surface area (Å²) >= 11 is 1.22. The number of imide groups is 1. The first-order valence-electron chi connectivity index (χ1n) is 7.60. The highest BCUT2D eigenvalue weighted by Crippen LogP contribution is 2.37. The van der Waals surface area contributed by atoms with Crippen molar-refractivity contribution in [3.63, 3.8) is 0 Å². The molecule has 0 saturated heterocycles. The highest BCUT2D eigenvalue weighted by molar-refractivity contribution is 8.04. The number of benzene rings is 1. The Morgan fingerprint density at radius 1 is 1.17 bits per heavy atom. The van der Waals surface area contributed by atoms with Crippen LogP contribution in [0, 0.1) is 0 Å². The van der Waals surface area contributed by atoms with E-state index in [-0.39, 0.29) is 24.5 Å². The molecular weight excluding hydrogens is 314 g/mol. The number of hydrogen-bond donors (Lipinski definition) is 1. The topological polar surface area (TPSA) is 66.8 Å². The minimum Gasteiger partial charge on any atom is -0.494 e. The molecule has 0 bridgehead atoms. The highest BCUT2D eigenvalue weighted by atomic mass is 32.2. The highest BCUT2D eigenvalue weighted by Gasteiger charge is 2.40. The lowest BCUT2D eigenvalue weighted by Gasteiger charge is -2.19. The Morgan fingerprint density at radius 2 is 1.83 bits per heavy atom. The van der Waals surface area contributed by atoms with Gasteiger partial charge in [-0.15, -0.1) is 11.8 Å². The van der Waals surface area contributed by atoms with Gasteiger partial charge in [-0.2, -0.15) is 0 Å². The standard InChI is InChI=1S/C17H21NO4S/c1-4-22-13-7-5-12(6-8-13)14-15(23-10-9-19)17(21)18(11(2)3)16(14)20/h5-8,11,19H,4,9-10H2,1-3H3. The molecule has 0 saturated carbocycles. The monoisotopic (exact) mass is 335 g/mol. The van der Waals surface area contributed by atoms with Crippen molar-refractivity contribution in [3.05, 3.63) is 34.7 Å². The number of nitrogens with zero attached hydrogens (tertiary/aromatic N) is 1. The molecule has 0 radical (unpaired) electrons. The van der Waals surface area contributed by atoms with E-state index in [1.54, 1.807) is 24.3 Å². The summed E-state index contributed by atoms with van der Waals surface area (Å²) in [6.45, 7) is 6.04. The van der Waals surface area contributed by atoms with Gasteiger partial charge in [0.15, 0.2) is 0 Å². The third-order valence-electron chi connectivity index (χ3n) is 3.38. The van der Waals surface area contributed by atoms with E-state index in [1.165, 1.54) is 16.7 Å². The third kappa shape index (κ3) is 3.59. The average molecular weight is 335 g/mol. The summed E-state index contributed by atoms with van der Waals surface area (Å²) in [4.78, 5) is 26.9. The zero-order valence-corrected chi connectivity index (χ0v) is 14.4. The van der Waals surface area contributed by atoms with Gasteiger partial charge in [-0.3, -0.25) is 14.5 Å². The molecule has 0 spiro atoms. The van der Waals surface area contributed by atoms with Crippen molar-refractivity contribution in [2.24, 2.45) is 0 Å². The molecule has 0 atom stereocenters. The smallest absolute Gasteiger partial charge is 0.268 e. The number of carbonyl (C=O) groups is 2. The molecule has 0 aromatic heterocycles. The molecule has 6 heteroatoms. The number of aliphatic hydroxyl groups is 1. The zero-order chi connectivity index (χ0) is 17.0. The maximum absolute atomic E-state index is 12.7. The second kappa shape index (κ2) is 7.66. The maximum Gasteiger partial charge on any atom is 0.268 e. The fraction of sp³-hybridized carbons (Fsp3) is 0.412. The number of thioether (sulfide) groups is 1. The first kappa shape index (κ1) is 17.6. The van der Waals surface area contributed by atoms with Gasteiger partial charge >= 0.3 is 0 Å². The molecule has 2 amide bonds. The van der Waals surface area contributed by atoms with E-state index >= 15 is 0 Å². The number of hydrogen-bond acceptors (Lipinski definition) is 5. The molecule has 124 valence electrons. The number of ether oxygens (including phenoxy) is 1. The van der Waals surface area contributed by atoms with Crippen LogP contribution in [-0.2, 0) is 9.59 Å². The van der Waals surface area contributed by atoms with Gasteiger partial charge in [0.2, 0.25) is 0 Å². The van der Waals surface area contributed by atoms with Gasteiger partial charge in [-0.05, 0) is 38.5 Å². The fourth-order valence-corrected chi connectivity index (χ4v) is 3.28. The minimum atomic E-state index is -0.285. The molecule has 1 N–H and O–H groups in total. The van der Waals surface area contributed by atoms with E-state index in [0.29, 0.717) is 28.4 Å². The fourth-order valence-electron chi connectivity index (χ4n) is 2.42. The Kier molecular flexibility index (Phi) is 5.85. The molecular formula is C17H21NO4S. The molecule has 0 unspecified atom stereocenters. The average Bonchev–Trinajstić information content (AvgIpc) is 2.77. The summed E-state index contributed by atoms with van der Waals surface area (Å²) < 4.78 is 5.41. The van der Waals surface area contributed by atoms with Crippen LogP contribution in [0.3, 0.4) is 0 Å². The van der Waals surface area contributed by atoms with Crippen LogP contribution in [0.5, 0.6) is 5.75 Å². The van der Waals surface area contributed by atoms with E-state index in [4.69, 9.17) is 9.84 Å². The van der Waals surface area contributed by atoms with Crippen molar-refractivity contribution >= 4 is 29.1 Å². The van der Waals surface area contributed by atoms with Gasteiger partial charge in [0, 0.05) is 11.8 Å². The van der Waals surface area contributed by atoms with Crippen LogP contribution < -0.4 is 4.74 Å². The van der Waals surface area contributed by atoms with E-state index in [2.05, 4.69) is 0 Å². The van der Waals surface area contributed by atoms with Crippen molar-refractivity contribution in [2.75, 3.05) is 19.0 Å². The molecule has 5 nitrogen and oxygen atoms in total. The summed E-state index contributed by atoms with van der Waals surface area (Å²) in [7, 11) is 0. The lowest BCUT2D eigenvalue weighted by atomic mass is 10.1. The number of rotatable bonds is 7. The van der Waals surface area contributed by atoms with Crippen molar-refractivity contribution in [1.29, 1.82) is 0 Å². The van der Waals surface area contributed by atoms with Gasteiger partial charge in [0.1, 0.15) is 5.75 Å². The van der Waals surface area contributed by atoms with Gasteiger partial charge < -0.3 is 9.84 Å². The lowest BCUT2D eigenvalue weighted by Crippen LogP contribution is -2.37. The summed E-state index contributed by atoms with van der Waals surface area (Å²) in [5.74, 6) is 0.529. The molecule has 23 heavy (non-hydrogen) atoms. The molecule has 1 aromatic carbocycles. The van der Waals surface area contributed by atoms with Crippen molar-refractivity contribution in [2.45, 2.75) is 26.8 Å². The second-order valence-electron chi connectivity index (χ2n) is 5.31. The molecule has 1 heterocycles. The summed E-state index contributed by atoms with van der Waals surface area (Å²) in [6.07, 6.45) is 0. The van der Waals surface area contributed by atoms with Crippen molar-refractivity contribution < 1.29 is 19.4 Å². The summed E-state index contributed by atoms with van der Waals surface area (Å²) in [6, 6.07) is 6.94. The normalized spacial score (nSPS) is 15.1. The number of aliphatic hydroxyl groups excluding tert-OH is 1. The molecule has 1 aliphatic rings. The quantitative estimate of drug-likeness (QED) is 0.775. The minimum absolute atomic E-state index is 0.0477. The summed E-state index contributed by atoms with van der Waals surface area (Å²) in [5.41, 5.74) is 1.10. The first-order chi connectivity index (χ1) is 11.0. The molecule has 0 aliphatic carbocycles. The Morgan fingerprint density at radius 3 is 2.35 bits per heavy atom. The Labute approximate surface area is 140 Å². The maximum atomic E-state index is 12.7. The Bertz CT molecular complexity index is 622. The van der Waals surface area contributed by atoms with Crippen LogP contribution in [0.15, 0.2) is 29.2 Å². The van der Waals surface area contributed by atoms with Gasteiger partial charge in [0.25, 0.3) is 11.8 Å². The van der Waals surface area contributed by atoms with Crippen LogP contribution >= 0.6 is 11.8 Å². The van der Waals surface area contributed by atoms with Crippen LogP contribution in [-0.4, -0.2) is 46.8 Å². The third-order valence-corrected chi connectivity index (χ3v) is 4.43. The van der Waals surface area contributed by atoms with Crippen molar-refractivity contribution in [3.8, 4) is 5.75 Å². The van der Waals surface area contributed by atoms with Gasteiger partial charge in [0.05, 0.1) is 23.7 Å². The Balaban J connectivity index is 2.42. The molecule has 1 aromatic rings. The summed E-state index contributed by atoms with van der Waals surface area (Å²) in [5, 5.41) is 9.04. The first-order valence-corrected chi connectivity index (χ1v) is 8.58. The molecule has 0 fully saturated rings. The van der Waals surface area contributed by atoms with E-state index in [1.807, 2.05) is 20.8 Å². The van der Waals surface area contributed by atoms with Gasteiger partial charge in [-0.25, -0.2) is 0 Å². The van der Waals surface area contributed by atoms with E-state index in [0.717, 1.165) is 5.75 Å². The SMILES string of the molecule is CCOc1ccc(C2=C(SCCO)C(=O)N(C(C)C)C2=O)cc1. The zero-order valence-electron chi connectivity index (χ0n) is 13.5. The van der Waals surface area contributed by atoms with Crippen LogP contribution in [0.25, 0.3) is 5.57 Å². The van der Waals surface area contributed by atoms with Gasteiger partial charge in [-0.1, -0.05) is 12.1 Å². The van der Waals surface area contributed by atoms with Crippen molar-refractivity contribution in [1.82, 2.24) is 4.90 Å². The Hall–Kier alpha value is -1.79. The predicted octanol–water partition coefficient (Wildman–Crippen LogP) is 2.30. The largest absolute Gasteiger partial charge is 0.494 e. The van der Waals surface area contributed by atoms with Crippen LogP contribution in [0.4, 0.5) is 0 Å². The molecule has 2 rings (SSSR count). The predicted molar refractivity (Wildman–Crippen MR) is 91.1 cm³/mol. The number of carbonyl (C=O) groups excluding carboxylic acids is 2. The van der Waals surface area contributed by atoms with Crippen LogP contribution in [0.1, 0.15) is 26.3 Å². The van der Waals surface area contributed by atoms with Crippen LogP contribution in [0.2, 0.25) is 0 Å². The lowest BCUT2D eigenvalue weighted by molar-refractivity contribution is -0.138. The second-order valence-corrected chi connectivity index (χ2v) is 6.41.